The minimum Gasteiger partial charge on any atom is -0.481 e. The van der Waals surface area contributed by atoms with Crippen LogP contribution in [-0.4, -0.2) is 41.9 Å². The van der Waals surface area contributed by atoms with Gasteiger partial charge in [0.2, 0.25) is 0 Å². The van der Waals surface area contributed by atoms with E-state index in [1.807, 2.05) is 0 Å². The lowest BCUT2D eigenvalue weighted by Gasteiger charge is -2.33. The number of ether oxygens (including phenoxy) is 1. The third kappa shape index (κ3) is 5.44. The minimum absolute atomic E-state index is 0.110. The SMILES string of the molecule is CC(Oc1ccc(Cl)cc1)C(=O)NC1CCN(C(=O)c2ccc(F)cc2F)CC1. The van der Waals surface area contributed by atoms with Crippen molar-refractivity contribution in [2.45, 2.75) is 31.9 Å². The lowest BCUT2D eigenvalue weighted by atomic mass is 10.0. The molecular formula is C21H21ClF2N2O3. The Bertz CT molecular complexity index is 884. The molecule has 0 bridgehead atoms. The summed E-state index contributed by atoms with van der Waals surface area (Å²) in [6, 6.07) is 9.52. The molecule has 0 saturated carbocycles. The van der Waals surface area contributed by atoms with E-state index in [1.54, 1.807) is 31.2 Å². The number of carbonyl (C=O) groups excluding carboxylic acids is 2. The maximum absolute atomic E-state index is 13.8. The monoisotopic (exact) mass is 422 g/mol. The van der Waals surface area contributed by atoms with Gasteiger partial charge in [-0.1, -0.05) is 11.6 Å². The molecule has 1 aliphatic rings. The van der Waals surface area contributed by atoms with Crippen molar-refractivity contribution in [1.29, 1.82) is 0 Å². The van der Waals surface area contributed by atoms with Gasteiger partial charge in [0.1, 0.15) is 17.4 Å². The van der Waals surface area contributed by atoms with Crippen molar-refractivity contribution in [3.05, 3.63) is 64.7 Å². The van der Waals surface area contributed by atoms with Gasteiger partial charge in [-0.2, -0.15) is 0 Å². The Kier molecular flexibility index (Phi) is 6.69. The van der Waals surface area contributed by atoms with Crippen molar-refractivity contribution in [3.63, 3.8) is 0 Å². The van der Waals surface area contributed by atoms with E-state index >= 15 is 0 Å². The van der Waals surface area contributed by atoms with Gasteiger partial charge in [-0.05, 0) is 56.2 Å². The zero-order valence-electron chi connectivity index (χ0n) is 15.8. The van der Waals surface area contributed by atoms with Crippen LogP contribution < -0.4 is 10.1 Å². The van der Waals surface area contributed by atoms with Crippen molar-refractivity contribution < 1.29 is 23.1 Å². The van der Waals surface area contributed by atoms with E-state index in [1.165, 1.54) is 4.90 Å². The Hall–Kier alpha value is -2.67. The standard InChI is InChI=1S/C21H21ClF2N2O3/c1-13(29-17-5-2-14(22)3-6-17)20(27)25-16-8-10-26(11-9-16)21(28)18-7-4-15(23)12-19(18)24/h2-7,12-13,16H,8-11H2,1H3,(H,25,27). The summed E-state index contributed by atoms with van der Waals surface area (Å²) in [5.74, 6) is -1.80. The normalized spacial score (nSPS) is 15.7. The van der Waals surface area contributed by atoms with Gasteiger partial charge in [0.15, 0.2) is 6.10 Å². The molecule has 0 aromatic heterocycles. The van der Waals surface area contributed by atoms with Gasteiger partial charge in [-0.3, -0.25) is 9.59 Å². The highest BCUT2D eigenvalue weighted by Gasteiger charge is 2.27. The van der Waals surface area contributed by atoms with Crippen molar-refractivity contribution in [2.75, 3.05) is 13.1 Å². The molecule has 0 radical (unpaired) electrons. The summed E-state index contributed by atoms with van der Waals surface area (Å²) in [5.41, 5.74) is -0.154. The molecule has 1 saturated heterocycles. The van der Waals surface area contributed by atoms with Gasteiger partial charge >= 0.3 is 0 Å². The molecule has 1 unspecified atom stereocenters. The first kappa shape index (κ1) is 21.0. The average molecular weight is 423 g/mol. The number of carbonyl (C=O) groups is 2. The van der Waals surface area contributed by atoms with E-state index in [4.69, 9.17) is 16.3 Å². The van der Waals surface area contributed by atoms with Crippen LogP contribution in [-0.2, 0) is 4.79 Å². The fraction of sp³-hybridized carbons (Fsp3) is 0.333. The number of hydrogen-bond donors (Lipinski definition) is 1. The highest BCUT2D eigenvalue weighted by Crippen LogP contribution is 2.19. The Labute approximate surface area is 172 Å². The summed E-state index contributed by atoms with van der Waals surface area (Å²) < 4.78 is 32.5. The van der Waals surface area contributed by atoms with Gasteiger partial charge in [-0.25, -0.2) is 8.78 Å². The second-order valence-corrected chi connectivity index (χ2v) is 7.35. The van der Waals surface area contributed by atoms with E-state index in [2.05, 4.69) is 5.32 Å². The quantitative estimate of drug-likeness (QED) is 0.797. The predicted molar refractivity (Wildman–Crippen MR) is 105 cm³/mol. The van der Waals surface area contributed by atoms with E-state index in [-0.39, 0.29) is 17.5 Å². The molecule has 0 spiro atoms. The largest absolute Gasteiger partial charge is 0.481 e. The van der Waals surface area contributed by atoms with E-state index in [0.29, 0.717) is 42.8 Å². The molecule has 1 heterocycles. The molecule has 8 heteroatoms. The summed E-state index contributed by atoms with van der Waals surface area (Å²) in [6.07, 6.45) is 0.381. The number of amides is 2. The van der Waals surface area contributed by atoms with Crippen LogP contribution >= 0.6 is 11.6 Å². The Balaban J connectivity index is 1.49. The molecule has 5 nitrogen and oxygen atoms in total. The smallest absolute Gasteiger partial charge is 0.260 e. The highest BCUT2D eigenvalue weighted by atomic mass is 35.5. The lowest BCUT2D eigenvalue weighted by molar-refractivity contribution is -0.128. The van der Waals surface area contributed by atoms with Crippen molar-refractivity contribution in [3.8, 4) is 5.75 Å². The number of piperidine rings is 1. The maximum Gasteiger partial charge on any atom is 0.260 e. The topological polar surface area (TPSA) is 58.6 Å². The van der Waals surface area contributed by atoms with Crippen LogP contribution in [0.2, 0.25) is 5.02 Å². The fourth-order valence-electron chi connectivity index (χ4n) is 3.15. The zero-order chi connectivity index (χ0) is 21.0. The van der Waals surface area contributed by atoms with E-state index in [0.717, 1.165) is 12.1 Å². The van der Waals surface area contributed by atoms with Crippen molar-refractivity contribution >= 4 is 23.4 Å². The number of benzene rings is 2. The Morgan fingerprint density at radius 2 is 1.79 bits per heavy atom. The summed E-state index contributed by atoms with van der Waals surface area (Å²) in [7, 11) is 0. The number of likely N-dealkylation sites (tertiary alicyclic amines) is 1. The summed E-state index contributed by atoms with van der Waals surface area (Å²) in [5, 5.41) is 3.50. The first-order valence-electron chi connectivity index (χ1n) is 9.30. The number of halogens is 3. The van der Waals surface area contributed by atoms with Crippen LogP contribution in [0.25, 0.3) is 0 Å². The molecule has 2 aromatic carbocycles. The summed E-state index contributed by atoms with van der Waals surface area (Å²) in [6.45, 7) is 2.39. The molecule has 1 fully saturated rings. The Morgan fingerprint density at radius 3 is 2.41 bits per heavy atom. The molecule has 2 amide bonds. The van der Waals surface area contributed by atoms with Crippen molar-refractivity contribution in [1.82, 2.24) is 10.2 Å². The highest BCUT2D eigenvalue weighted by molar-refractivity contribution is 6.30. The number of nitrogens with one attached hydrogen (secondary N) is 1. The first-order valence-corrected chi connectivity index (χ1v) is 9.68. The van der Waals surface area contributed by atoms with Crippen LogP contribution in [0.1, 0.15) is 30.1 Å². The molecule has 29 heavy (non-hydrogen) atoms. The van der Waals surface area contributed by atoms with Crippen LogP contribution in [0.3, 0.4) is 0 Å². The first-order chi connectivity index (χ1) is 13.8. The van der Waals surface area contributed by atoms with Gasteiger partial charge in [-0.15, -0.1) is 0 Å². The van der Waals surface area contributed by atoms with Crippen molar-refractivity contribution in [2.24, 2.45) is 0 Å². The van der Waals surface area contributed by atoms with Crippen LogP contribution in [0.15, 0.2) is 42.5 Å². The van der Waals surface area contributed by atoms with E-state index < -0.39 is 23.6 Å². The second-order valence-electron chi connectivity index (χ2n) is 6.91. The fourth-order valence-corrected chi connectivity index (χ4v) is 3.28. The summed E-state index contributed by atoms with van der Waals surface area (Å²) in [4.78, 5) is 26.3. The number of rotatable bonds is 5. The third-order valence-corrected chi connectivity index (χ3v) is 5.04. The van der Waals surface area contributed by atoms with Gasteiger partial charge < -0.3 is 15.0 Å². The van der Waals surface area contributed by atoms with Crippen LogP contribution in [0, 0.1) is 11.6 Å². The molecule has 0 aliphatic carbocycles. The number of nitrogens with zero attached hydrogens (tertiary/aromatic N) is 1. The average Bonchev–Trinajstić information content (AvgIpc) is 2.70. The Morgan fingerprint density at radius 1 is 1.14 bits per heavy atom. The van der Waals surface area contributed by atoms with E-state index in [9.17, 15) is 18.4 Å². The maximum atomic E-state index is 13.8. The predicted octanol–water partition coefficient (Wildman–Crippen LogP) is 3.81. The molecule has 2 aromatic rings. The zero-order valence-corrected chi connectivity index (χ0v) is 16.6. The molecule has 3 rings (SSSR count). The molecule has 1 N–H and O–H groups in total. The minimum atomic E-state index is -0.876. The molecule has 154 valence electrons. The van der Waals surface area contributed by atoms with Gasteiger partial charge in [0.25, 0.3) is 11.8 Å². The molecular weight excluding hydrogens is 402 g/mol. The van der Waals surface area contributed by atoms with Gasteiger partial charge in [0.05, 0.1) is 5.56 Å². The molecule has 1 atom stereocenters. The number of hydrogen-bond acceptors (Lipinski definition) is 3. The lowest BCUT2D eigenvalue weighted by Crippen LogP contribution is -2.49. The van der Waals surface area contributed by atoms with Crippen LogP contribution in [0.4, 0.5) is 8.78 Å². The third-order valence-electron chi connectivity index (χ3n) is 4.79. The van der Waals surface area contributed by atoms with Gasteiger partial charge in [0, 0.05) is 30.2 Å². The summed E-state index contributed by atoms with van der Waals surface area (Å²) >= 11 is 5.83. The van der Waals surface area contributed by atoms with Crippen LogP contribution in [0.5, 0.6) is 5.75 Å². The second kappa shape index (κ2) is 9.22. The molecule has 1 aliphatic heterocycles.